The normalized spacial score (nSPS) is 49.9. The van der Waals surface area contributed by atoms with Crippen LogP contribution in [0, 0.1) is 11.3 Å². The van der Waals surface area contributed by atoms with Crippen LogP contribution in [0.2, 0.25) is 0 Å². The third kappa shape index (κ3) is 1.21. The van der Waals surface area contributed by atoms with E-state index in [4.69, 9.17) is 4.74 Å². The molecule has 4 atom stereocenters. The lowest BCUT2D eigenvalue weighted by atomic mass is 9.57. The molecule has 88 valence electrons. The Bertz CT molecular complexity index is 379. The number of carbonyl (C=O) groups excluding carboxylic acids is 1. The monoisotopic (exact) mass is 226 g/mol. The van der Waals surface area contributed by atoms with Crippen molar-refractivity contribution in [1.82, 2.24) is 0 Å². The number of hydrogen-bond donors (Lipinski definition) is 2. The summed E-state index contributed by atoms with van der Waals surface area (Å²) in [7, 11) is 0. The van der Waals surface area contributed by atoms with Crippen LogP contribution in [0.1, 0.15) is 32.1 Å². The molecule has 2 aliphatic carbocycles. The van der Waals surface area contributed by atoms with Crippen molar-refractivity contribution in [1.29, 1.82) is 0 Å². The topological polar surface area (TPSA) is 83.8 Å². The van der Waals surface area contributed by atoms with E-state index in [1.807, 2.05) is 0 Å². The van der Waals surface area contributed by atoms with E-state index < -0.39 is 29.0 Å². The molecule has 2 aliphatic heterocycles. The summed E-state index contributed by atoms with van der Waals surface area (Å²) in [6, 6.07) is 0. The molecule has 5 nitrogen and oxygen atoms in total. The average Bonchev–Trinajstić information content (AvgIpc) is 2.27. The van der Waals surface area contributed by atoms with E-state index in [1.165, 1.54) is 0 Å². The number of aliphatic carboxylic acids is 1. The smallest absolute Gasteiger partial charge is 0.309 e. The van der Waals surface area contributed by atoms with Gasteiger partial charge in [0.2, 0.25) is 0 Å². The minimum absolute atomic E-state index is 0.263. The summed E-state index contributed by atoms with van der Waals surface area (Å²) in [6.07, 6.45) is 1.27. The molecule has 0 aromatic rings. The van der Waals surface area contributed by atoms with E-state index in [0.29, 0.717) is 25.7 Å². The number of carboxylic acid groups (broad SMARTS) is 1. The Morgan fingerprint density at radius 1 is 1.31 bits per heavy atom. The van der Waals surface area contributed by atoms with Gasteiger partial charge in [-0.1, -0.05) is 0 Å². The molecule has 16 heavy (non-hydrogen) atoms. The highest BCUT2D eigenvalue weighted by Crippen LogP contribution is 2.56. The maximum Gasteiger partial charge on any atom is 0.309 e. The first-order valence-corrected chi connectivity index (χ1v) is 5.59. The summed E-state index contributed by atoms with van der Waals surface area (Å²) >= 11 is 0. The first kappa shape index (κ1) is 10.1. The van der Waals surface area contributed by atoms with Crippen LogP contribution in [-0.2, 0) is 14.3 Å². The second-order valence-corrected chi connectivity index (χ2v) is 5.56. The van der Waals surface area contributed by atoms with Gasteiger partial charge in [-0.25, -0.2) is 0 Å². The molecule has 2 heterocycles. The molecular weight excluding hydrogens is 212 g/mol. The highest BCUT2D eigenvalue weighted by molar-refractivity contribution is 5.80. The van der Waals surface area contributed by atoms with Gasteiger partial charge in [0.15, 0.2) is 0 Å². The molecule has 2 saturated heterocycles. The third-order valence-electron chi connectivity index (χ3n) is 4.23. The number of hydrogen-bond acceptors (Lipinski definition) is 4. The van der Waals surface area contributed by atoms with Crippen LogP contribution in [0.4, 0.5) is 0 Å². The van der Waals surface area contributed by atoms with Crippen LogP contribution in [0.25, 0.3) is 0 Å². The zero-order valence-corrected chi connectivity index (χ0v) is 8.81. The molecule has 0 aromatic carbocycles. The first-order valence-electron chi connectivity index (χ1n) is 5.59. The molecule has 4 bridgehead atoms. The first-order chi connectivity index (χ1) is 7.42. The van der Waals surface area contributed by atoms with Gasteiger partial charge in [-0.05, 0) is 19.3 Å². The number of ether oxygens (including phenoxy) is 1. The molecule has 4 rings (SSSR count). The fourth-order valence-corrected chi connectivity index (χ4v) is 3.78. The Labute approximate surface area is 92.4 Å². The predicted molar refractivity (Wildman–Crippen MR) is 51.5 cm³/mol. The molecule has 0 amide bonds. The van der Waals surface area contributed by atoms with E-state index in [0.717, 1.165) is 0 Å². The highest BCUT2D eigenvalue weighted by atomic mass is 16.5. The van der Waals surface area contributed by atoms with Crippen LogP contribution in [0.15, 0.2) is 0 Å². The zero-order chi connectivity index (χ0) is 11.6. The van der Waals surface area contributed by atoms with Gasteiger partial charge in [-0.15, -0.1) is 0 Å². The molecule has 2 N–H and O–H groups in total. The summed E-state index contributed by atoms with van der Waals surface area (Å²) < 4.78 is 5.21. The van der Waals surface area contributed by atoms with Gasteiger partial charge >= 0.3 is 11.9 Å². The summed E-state index contributed by atoms with van der Waals surface area (Å²) in [5, 5.41) is 19.6. The lowest BCUT2D eigenvalue weighted by Crippen LogP contribution is -2.53. The van der Waals surface area contributed by atoms with Gasteiger partial charge in [-0.2, -0.15) is 0 Å². The lowest BCUT2D eigenvalue weighted by molar-refractivity contribution is -0.171. The molecule has 4 unspecified atom stereocenters. The van der Waals surface area contributed by atoms with Crippen molar-refractivity contribution in [2.45, 2.75) is 43.8 Å². The quantitative estimate of drug-likeness (QED) is 0.628. The minimum atomic E-state index is -1.02. The standard InChI is InChI=1S/C11H14O5/c12-8-6-1-10(9(13)14)3-7(16-8)4-11(15,2-6)5-10/h6-7,15H,1-5H2,(H,13,14). The predicted octanol–water partition coefficient (Wildman–Crippen LogP) is 0.308. The van der Waals surface area contributed by atoms with E-state index >= 15 is 0 Å². The van der Waals surface area contributed by atoms with Gasteiger partial charge in [0, 0.05) is 12.8 Å². The number of aliphatic hydroxyl groups is 1. The van der Waals surface area contributed by atoms with Gasteiger partial charge in [-0.3, -0.25) is 9.59 Å². The Morgan fingerprint density at radius 2 is 2.06 bits per heavy atom. The van der Waals surface area contributed by atoms with Gasteiger partial charge in [0.25, 0.3) is 0 Å². The Balaban J connectivity index is 2.07. The lowest BCUT2D eigenvalue weighted by Gasteiger charge is -2.48. The van der Waals surface area contributed by atoms with Crippen molar-refractivity contribution < 1.29 is 24.5 Å². The maximum absolute atomic E-state index is 11.6. The molecule has 4 aliphatic rings. The molecule has 2 saturated carbocycles. The van der Waals surface area contributed by atoms with Crippen molar-refractivity contribution in [2.75, 3.05) is 0 Å². The van der Waals surface area contributed by atoms with Crippen LogP contribution >= 0.6 is 0 Å². The van der Waals surface area contributed by atoms with Gasteiger partial charge < -0.3 is 14.9 Å². The summed E-state index contributed by atoms with van der Waals surface area (Å²) in [5.74, 6) is -1.68. The molecule has 5 heteroatoms. The van der Waals surface area contributed by atoms with E-state index in [-0.39, 0.29) is 12.4 Å². The van der Waals surface area contributed by atoms with Crippen molar-refractivity contribution >= 4 is 11.9 Å². The minimum Gasteiger partial charge on any atom is -0.481 e. The van der Waals surface area contributed by atoms with Crippen LogP contribution in [0.3, 0.4) is 0 Å². The van der Waals surface area contributed by atoms with Crippen LogP contribution < -0.4 is 0 Å². The van der Waals surface area contributed by atoms with Gasteiger partial charge in [0.1, 0.15) is 6.10 Å². The van der Waals surface area contributed by atoms with Crippen molar-refractivity contribution in [3.8, 4) is 0 Å². The third-order valence-corrected chi connectivity index (χ3v) is 4.23. The number of carbonyl (C=O) groups is 2. The van der Waals surface area contributed by atoms with E-state index in [9.17, 15) is 19.8 Å². The van der Waals surface area contributed by atoms with Crippen LogP contribution in [-0.4, -0.2) is 33.9 Å². The second kappa shape index (κ2) is 2.77. The molecule has 0 spiro atoms. The Hall–Kier alpha value is -1.10. The number of esters is 1. The Kier molecular flexibility index (Phi) is 1.74. The fraction of sp³-hybridized carbons (Fsp3) is 0.818. The van der Waals surface area contributed by atoms with E-state index in [1.54, 1.807) is 0 Å². The highest BCUT2D eigenvalue weighted by Gasteiger charge is 2.61. The number of rotatable bonds is 1. The largest absolute Gasteiger partial charge is 0.481 e. The number of carboxylic acids is 1. The zero-order valence-electron chi connectivity index (χ0n) is 8.81. The fourth-order valence-electron chi connectivity index (χ4n) is 3.78. The van der Waals surface area contributed by atoms with Crippen LogP contribution in [0.5, 0.6) is 0 Å². The molecular formula is C11H14O5. The maximum atomic E-state index is 11.6. The summed E-state index contributed by atoms with van der Waals surface area (Å²) in [6.45, 7) is 0. The van der Waals surface area contributed by atoms with Crippen molar-refractivity contribution in [2.24, 2.45) is 11.3 Å². The average molecular weight is 226 g/mol. The Morgan fingerprint density at radius 3 is 2.75 bits per heavy atom. The molecule has 0 aromatic heterocycles. The molecule has 4 fully saturated rings. The second-order valence-electron chi connectivity index (χ2n) is 5.56. The summed E-state index contributed by atoms with van der Waals surface area (Å²) in [4.78, 5) is 23.0. The van der Waals surface area contributed by atoms with Crippen molar-refractivity contribution in [3.63, 3.8) is 0 Å². The van der Waals surface area contributed by atoms with E-state index in [2.05, 4.69) is 0 Å². The van der Waals surface area contributed by atoms with Crippen molar-refractivity contribution in [3.05, 3.63) is 0 Å². The SMILES string of the molecule is O=C1OC2CC3(O)CC1CC(C(=O)O)(C2)C3. The molecule has 0 radical (unpaired) electrons. The number of fused-ring (bicyclic) bond motifs is 1. The summed E-state index contributed by atoms with van der Waals surface area (Å²) in [5.41, 5.74) is -1.97. The van der Waals surface area contributed by atoms with Gasteiger partial charge in [0.05, 0.1) is 16.9 Å².